The largest absolute Gasteiger partial charge is 0.507 e. The molecule has 10 nitrogen and oxygen atoms in total. The number of likely N-dealkylation sites (tertiary alicyclic amines) is 1. The number of carbonyl (C=O) groups is 3. The average Bonchev–Trinajstić information content (AvgIpc) is 3.19. The Balaban J connectivity index is 1.64. The van der Waals surface area contributed by atoms with Crippen molar-refractivity contribution in [3.8, 4) is 0 Å². The van der Waals surface area contributed by atoms with Crippen molar-refractivity contribution in [3.05, 3.63) is 65.2 Å². The second-order valence-corrected chi connectivity index (χ2v) is 12.4. The zero-order valence-corrected chi connectivity index (χ0v) is 24.2. The topological polar surface area (TPSA) is 125 Å². The molecule has 2 aromatic rings. The summed E-state index contributed by atoms with van der Waals surface area (Å²) in [6.07, 6.45) is 3.94. The Hall–Kier alpha value is -3.54. The summed E-state index contributed by atoms with van der Waals surface area (Å²) in [7, 11) is -2.21. The van der Waals surface area contributed by atoms with E-state index in [1.807, 2.05) is 0 Å². The molecule has 2 saturated heterocycles. The fourth-order valence-corrected chi connectivity index (χ4v) is 7.72. The number of methoxy groups -OCH3 is 1. The lowest BCUT2D eigenvalue weighted by Crippen LogP contribution is -2.52. The van der Waals surface area contributed by atoms with Crippen LogP contribution in [0.15, 0.2) is 59.0 Å². The molecule has 1 spiro atoms. The summed E-state index contributed by atoms with van der Waals surface area (Å²) in [4.78, 5) is 44.1. The minimum atomic E-state index is -3.74. The summed E-state index contributed by atoms with van der Waals surface area (Å²) in [6.45, 7) is 3.36. The van der Waals surface area contributed by atoms with Crippen LogP contribution in [0.3, 0.4) is 0 Å². The summed E-state index contributed by atoms with van der Waals surface area (Å²) in [5, 5.41) is 11.6. The molecule has 1 atom stereocenters. The molecule has 0 aliphatic carbocycles. The van der Waals surface area contributed by atoms with Crippen LogP contribution in [0.1, 0.15) is 50.2 Å². The second-order valence-electron chi connectivity index (χ2n) is 10.5. The molecule has 0 bridgehead atoms. The van der Waals surface area contributed by atoms with E-state index in [1.165, 1.54) is 45.5 Å². The van der Waals surface area contributed by atoms with Crippen LogP contribution in [-0.2, 0) is 34.7 Å². The Morgan fingerprint density at radius 1 is 0.976 bits per heavy atom. The molecule has 2 fully saturated rings. The van der Waals surface area contributed by atoms with E-state index >= 15 is 0 Å². The van der Waals surface area contributed by atoms with Crippen LogP contribution in [0.4, 0.5) is 5.69 Å². The number of nitrogens with zero attached hydrogens (tertiary/aromatic N) is 3. The van der Waals surface area contributed by atoms with Gasteiger partial charge in [-0.15, -0.1) is 0 Å². The van der Waals surface area contributed by atoms with Gasteiger partial charge in [0.1, 0.15) is 5.76 Å². The lowest BCUT2D eigenvalue weighted by Gasteiger charge is -2.34. The summed E-state index contributed by atoms with van der Waals surface area (Å²) < 4.78 is 33.2. The van der Waals surface area contributed by atoms with E-state index in [2.05, 4.69) is 0 Å². The van der Waals surface area contributed by atoms with Gasteiger partial charge in [0.2, 0.25) is 10.0 Å². The third kappa shape index (κ3) is 4.56. The predicted octanol–water partition coefficient (Wildman–Crippen LogP) is 3.23. The zero-order chi connectivity index (χ0) is 29.4. The lowest BCUT2D eigenvalue weighted by molar-refractivity contribution is -0.143. The SMILES string of the molecule is CCN1C(=O)C2(/C(=C(/O)c3ccc(S(=O)(=O)N4CCCCCC4)cc3)C(=O)C(=O)N2CCCOC)c2ccccc21. The Bertz CT molecular complexity index is 1490. The average molecular weight is 582 g/mol. The molecule has 2 aromatic carbocycles. The van der Waals surface area contributed by atoms with Gasteiger partial charge in [0, 0.05) is 51.0 Å². The maximum absolute atomic E-state index is 14.2. The summed E-state index contributed by atoms with van der Waals surface area (Å²) >= 11 is 0. The van der Waals surface area contributed by atoms with Gasteiger partial charge in [-0.3, -0.25) is 14.4 Å². The van der Waals surface area contributed by atoms with Gasteiger partial charge in [-0.2, -0.15) is 4.31 Å². The van der Waals surface area contributed by atoms with E-state index in [9.17, 15) is 27.9 Å². The van der Waals surface area contributed by atoms with E-state index < -0.39 is 38.9 Å². The lowest BCUT2D eigenvalue weighted by atomic mass is 9.82. The first-order chi connectivity index (χ1) is 19.7. The van der Waals surface area contributed by atoms with Crippen molar-refractivity contribution < 1.29 is 32.6 Å². The number of aliphatic hydroxyl groups excluding tert-OH is 1. The van der Waals surface area contributed by atoms with Crippen molar-refractivity contribution in [3.63, 3.8) is 0 Å². The Labute approximate surface area is 240 Å². The van der Waals surface area contributed by atoms with Gasteiger partial charge >= 0.3 is 0 Å². The summed E-state index contributed by atoms with van der Waals surface area (Å²) in [6, 6.07) is 12.5. The molecule has 218 valence electrons. The van der Waals surface area contributed by atoms with Crippen LogP contribution in [0, 0.1) is 0 Å². The number of para-hydroxylation sites is 1. The van der Waals surface area contributed by atoms with Gasteiger partial charge in [-0.25, -0.2) is 8.42 Å². The van der Waals surface area contributed by atoms with Gasteiger partial charge < -0.3 is 19.6 Å². The Morgan fingerprint density at radius 2 is 1.63 bits per heavy atom. The number of hydrogen-bond acceptors (Lipinski definition) is 7. The molecule has 5 rings (SSSR count). The molecule has 0 saturated carbocycles. The Morgan fingerprint density at radius 3 is 2.27 bits per heavy atom. The highest BCUT2D eigenvalue weighted by Crippen LogP contribution is 2.53. The van der Waals surface area contributed by atoms with Crippen LogP contribution < -0.4 is 4.90 Å². The third-order valence-electron chi connectivity index (χ3n) is 8.19. The molecule has 0 radical (unpaired) electrons. The minimum absolute atomic E-state index is 0.0554. The van der Waals surface area contributed by atoms with Crippen LogP contribution in [0.25, 0.3) is 5.76 Å². The molecule has 41 heavy (non-hydrogen) atoms. The fraction of sp³-hybridized carbons (Fsp3) is 0.433. The number of benzene rings is 2. The number of anilines is 1. The molecule has 3 aliphatic heterocycles. The van der Waals surface area contributed by atoms with Crippen molar-refractivity contribution in [2.24, 2.45) is 0 Å². The summed E-state index contributed by atoms with van der Waals surface area (Å²) in [5.74, 6) is -2.89. The first kappa shape index (κ1) is 29.0. The number of Topliss-reactive ketones (excluding diaryl/α,β-unsaturated/α-hetero) is 1. The monoisotopic (exact) mass is 581 g/mol. The molecule has 0 aromatic heterocycles. The Kier molecular flexibility index (Phi) is 8.04. The van der Waals surface area contributed by atoms with E-state index in [-0.39, 0.29) is 22.6 Å². The van der Waals surface area contributed by atoms with Crippen LogP contribution in [0.2, 0.25) is 0 Å². The van der Waals surface area contributed by atoms with Crippen molar-refractivity contribution in [1.29, 1.82) is 0 Å². The highest BCUT2D eigenvalue weighted by molar-refractivity contribution is 7.89. The van der Waals surface area contributed by atoms with E-state index in [0.717, 1.165) is 25.7 Å². The number of fused-ring (bicyclic) bond motifs is 2. The standard InChI is InChI=1S/C30H35N3O7S/c1-3-32-24-12-7-6-11-23(24)30(29(32)37)25(27(35)28(36)33(30)19-10-20-40-2)26(34)21-13-15-22(16-14-21)41(38,39)31-17-8-4-5-9-18-31/h6-7,11-16,34H,3-5,8-10,17-20H2,1-2H3/b26-25+. The number of amides is 2. The number of rotatable bonds is 8. The zero-order valence-electron chi connectivity index (χ0n) is 23.3. The molecular formula is C30H35N3O7S. The van der Waals surface area contributed by atoms with Gasteiger partial charge in [0.25, 0.3) is 17.6 Å². The molecule has 11 heteroatoms. The fourth-order valence-electron chi connectivity index (χ4n) is 6.21. The van der Waals surface area contributed by atoms with Gasteiger partial charge in [-0.05, 0) is 56.5 Å². The molecular weight excluding hydrogens is 546 g/mol. The predicted molar refractivity (Wildman–Crippen MR) is 153 cm³/mol. The van der Waals surface area contributed by atoms with Crippen molar-refractivity contribution in [2.45, 2.75) is 49.5 Å². The number of carbonyl (C=O) groups excluding carboxylic acids is 3. The van der Waals surface area contributed by atoms with Crippen LogP contribution >= 0.6 is 0 Å². The van der Waals surface area contributed by atoms with Gasteiger partial charge in [-0.1, -0.05) is 31.0 Å². The van der Waals surface area contributed by atoms with E-state index in [1.54, 1.807) is 31.2 Å². The molecule has 1 unspecified atom stereocenters. The number of ketones is 1. The van der Waals surface area contributed by atoms with E-state index in [0.29, 0.717) is 43.9 Å². The highest BCUT2D eigenvalue weighted by Gasteiger charge is 2.66. The molecule has 2 amide bonds. The number of ether oxygens (including phenoxy) is 1. The van der Waals surface area contributed by atoms with Crippen molar-refractivity contribution in [2.75, 3.05) is 44.8 Å². The maximum Gasteiger partial charge on any atom is 0.296 e. The van der Waals surface area contributed by atoms with Crippen molar-refractivity contribution >= 4 is 39.1 Å². The molecule has 3 heterocycles. The number of hydrogen-bond donors (Lipinski definition) is 1. The highest BCUT2D eigenvalue weighted by atomic mass is 32.2. The number of sulfonamides is 1. The van der Waals surface area contributed by atoms with Gasteiger partial charge in [0.15, 0.2) is 5.54 Å². The molecule has 3 aliphatic rings. The summed E-state index contributed by atoms with van der Waals surface area (Å²) in [5.41, 5.74) is -1.05. The second kappa shape index (κ2) is 11.4. The van der Waals surface area contributed by atoms with Crippen LogP contribution in [0.5, 0.6) is 0 Å². The van der Waals surface area contributed by atoms with E-state index in [4.69, 9.17) is 4.74 Å². The minimum Gasteiger partial charge on any atom is -0.507 e. The van der Waals surface area contributed by atoms with Crippen molar-refractivity contribution in [1.82, 2.24) is 9.21 Å². The quantitative estimate of drug-likeness (QED) is 0.220. The normalized spacial score (nSPS) is 22.9. The van der Waals surface area contributed by atoms with Crippen LogP contribution in [-0.4, -0.2) is 80.2 Å². The maximum atomic E-state index is 14.2. The first-order valence-corrected chi connectivity index (χ1v) is 15.5. The first-order valence-electron chi connectivity index (χ1n) is 14.0. The van der Waals surface area contributed by atoms with Gasteiger partial charge in [0.05, 0.1) is 16.2 Å². The smallest absolute Gasteiger partial charge is 0.296 e. The number of likely N-dealkylation sites (N-methyl/N-ethyl adjacent to an activating group) is 1. The third-order valence-corrected chi connectivity index (χ3v) is 10.1. The number of aliphatic hydroxyl groups is 1. The molecule has 1 N–H and O–H groups in total.